The van der Waals surface area contributed by atoms with Crippen LogP contribution in [0.2, 0.25) is 0 Å². The summed E-state index contributed by atoms with van der Waals surface area (Å²) in [6, 6.07) is 8.65. The number of benzene rings is 1. The first-order valence-corrected chi connectivity index (χ1v) is 10.1. The molecule has 0 bridgehead atoms. The molecule has 1 aromatic carbocycles. The van der Waals surface area contributed by atoms with Crippen LogP contribution in [0.15, 0.2) is 29.3 Å². The number of hydrogen-bond donors (Lipinski definition) is 2. The molecule has 1 heterocycles. The Morgan fingerprint density at radius 1 is 1.22 bits per heavy atom. The highest BCUT2D eigenvalue weighted by atomic mass is 16.5. The molecule has 27 heavy (non-hydrogen) atoms. The van der Waals surface area contributed by atoms with Gasteiger partial charge in [0.2, 0.25) is 0 Å². The van der Waals surface area contributed by atoms with Crippen molar-refractivity contribution >= 4 is 5.96 Å². The van der Waals surface area contributed by atoms with Crippen molar-refractivity contribution in [1.29, 1.82) is 0 Å². The lowest BCUT2D eigenvalue weighted by molar-refractivity contribution is 0.0211. The van der Waals surface area contributed by atoms with Crippen molar-refractivity contribution in [2.75, 3.05) is 46.0 Å². The molecule has 1 aromatic rings. The molecule has 1 aliphatic rings. The number of hydrogen-bond acceptors (Lipinski definition) is 4. The highest BCUT2D eigenvalue weighted by molar-refractivity contribution is 5.79. The Bertz CT molecular complexity index is 571. The summed E-state index contributed by atoms with van der Waals surface area (Å²) in [7, 11) is 0. The second-order valence-electron chi connectivity index (χ2n) is 7.43. The molecule has 0 aromatic heterocycles. The Kier molecular flexibility index (Phi) is 9.42. The van der Waals surface area contributed by atoms with Crippen LogP contribution >= 0.6 is 0 Å². The van der Waals surface area contributed by atoms with Crippen molar-refractivity contribution in [3.05, 3.63) is 29.8 Å². The second kappa shape index (κ2) is 11.8. The van der Waals surface area contributed by atoms with E-state index in [9.17, 15) is 0 Å². The minimum atomic E-state index is 0.450. The minimum absolute atomic E-state index is 0.450. The van der Waals surface area contributed by atoms with E-state index < -0.39 is 0 Å². The van der Waals surface area contributed by atoms with Crippen LogP contribution in [0, 0.1) is 5.92 Å². The minimum Gasteiger partial charge on any atom is -0.493 e. The fourth-order valence-electron chi connectivity index (χ4n) is 2.90. The van der Waals surface area contributed by atoms with Gasteiger partial charge in [-0.15, -0.1) is 0 Å². The zero-order chi connectivity index (χ0) is 19.5. The van der Waals surface area contributed by atoms with Gasteiger partial charge in [-0.3, -0.25) is 4.90 Å². The number of guanidine groups is 1. The Balaban J connectivity index is 1.87. The maximum Gasteiger partial charge on any atom is 0.191 e. The fourth-order valence-corrected chi connectivity index (χ4v) is 2.90. The maximum absolute atomic E-state index is 5.81. The lowest BCUT2D eigenvalue weighted by Crippen LogP contribution is -2.49. The van der Waals surface area contributed by atoms with E-state index in [-0.39, 0.29) is 0 Å². The van der Waals surface area contributed by atoms with Gasteiger partial charge in [0.15, 0.2) is 5.96 Å². The van der Waals surface area contributed by atoms with Gasteiger partial charge in [0.05, 0.1) is 26.4 Å². The van der Waals surface area contributed by atoms with E-state index in [2.05, 4.69) is 55.4 Å². The molecule has 0 amide bonds. The van der Waals surface area contributed by atoms with E-state index in [0.29, 0.717) is 18.5 Å². The average Bonchev–Trinajstić information content (AvgIpc) is 2.69. The monoisotopic (exact) mass is 376 g/mol. The Hall–Kier alpha value is -1.79. The normalized spacial score (nSPS) is 17.0. The molecule has 6 nitrogen and oxygen atoms in total. The number of morpholine rings is 1. The summed E-state index contributed by atoms with van der Waals surface area (Å²) in [6.07, 6.45) is 0. The van der Waals surface area contributed by atoms with Gasteiger partial charge in [-0.2, -0.15) is 0 Å². The molecule has 0 saturated carbocycles. The summed E-state index contributed by atoms with van der Waals surface area (Å²) in [6.45, 7) is 15.4. The number of nitrogens with zero attached hydrogens (tertiary/aromatic N) is 2. The summed E-state index contributed by atoms with van der Waals surface area (Å²) in [5.74, 6) is 2.28. The predicted octanol–water partition coefficient (Wildman–Crippen LogP) is 2.50. The molecule has 1 unspecified atom stereocenters. The van der Waals surface area contributed by atoms with Crippen LogP contribution in [0.4, 0.5) is 0 Å². The molecule has 2 rings (SSSR count). The van der Waals surface area contributed by atoms with Gasteiger partial charge in [-0.05, 0) is 37.5 Å². The lowest BCUT2D eigenvalue weighted by Gasteiger charge is -2.32. The van der Waals surface area contributed by atoms with Gasteiger partial charge < -0.3 is 20.1 Å². The third-order valence-electron chi connectivity index (χ3n) is 4.48. The molecule has 152 valence electrons. The van der Waals surface area contributed by atoms with E-state index in [1.165, 1.54) is 0 Å². The van der Waals surface area contributed by atoms with E-state index >= 15 is 0 Å². The first-order chi connectivity index (χ1) is 13.1. The molecule has 6 heteroatoms. The number of nitrogens with one attached hydrogen (secondary N) is 2. The molecular formula is C21H36N4O2. The topological polar surface area (TPSA) is 58.1 Å². The summed E-state index contributed by atoms with van der Waals surface area (Å²) >= 11 is 0. The molecule has 0 aliphatic carbocycles. The number of ether oxygens (including phenoxy) is 2. The number of rotatable bonds is 9. The zero-order valence-electron chi connectivity index (χ0n) is 17.3. The highest BCUT2D eigenvalue weighted by Crippen LogP contribution is 2.15. The van der Waals surface area contributed by atoms with Gasteiger partial charge in [0, 0.05) is 32.2 Å². The highest BCUT2D eigenvalue weighted by Gasteiger charge is 2.16. The van der Waals surface area contributed by atoms with Crippen LogP contribution in [0.3, 0.4) is 0 Å². The van der Waals surface area contributed by atoms with Crippen molar-refractivity contribution in [2.24, 2.45) is 10.9 Å². The standard InChI is InChI=1S/C21H36N4O2/c1-5-22-21(23-14-18(4)25-9-11-26-12-10-25)24-15-19-7-6-8-20(13-19)27-16-17(2)3/h6-8,13,17-18H,5,9-12,14-16H2,1-4H3,(H2,22,23,24). The molecule has 1 atom stereocenters. The first kappa shape index (κ1) is 21.5. The van der Waals surface area contributed by atoms with Crippen LogP contribution in [-0.4, -0.2) is 62.9 Å². The van der Waals surface area contributed by atoms with Crippen molar-refractivity contribution in [3.8, 4) is 5.75 Å². The van der Waals surface area contributed by atoms with Gasteiger partial charge in [0.25, 0.3) is 0 Å². The van der Waals surface area contributed by atoms with E-state index in [0.717, 1.165) is 63.3 Å². The molecule has 2 N–H and O–H groups in total. The predicted molar refractivity (Wildman–Crippen MR) is 111 cm³/mol. The van der Waals surface area contributed by atoms with Crippen LogP contribution in [0.5, 0.6) is 5.75 Å². The summed E-state index contributed by atoms with van der Waals surface area (Å²) in [5.41, 5.74) is 1.15. The van der Waals surface area contributed by atoms with Crippen molar-refractivity contribution < 1.29 is 9.47 Å². The van der Waals surface area contributed by atoms with E-state index in [1.54, 1.807) is 0 Å². The van der Waals surface area contributed by atoms with Gasteiger partial charge in [-0.1, -0.05) is 26.0 Å². The van der Waals surface area contributed by atoms with Gasteiger partial charge in [0.1, 0.15) is 5.75 Å². The Labute approximate surface area is 164 Å². The van der Waals surface area contributed by atoms with E-state index in [4.69, 9.17) is 14.5 Å². The van der Waals surface area contributed by atoms with Crippen LogP contribution in [-0.2, 0) is 11.3 Å². The molecule has 1 aliphatic heterocycles. The average molecular weight is 377 g/mol. The molecule has 1 fully saturated rings. The zero-order valence-corrected chi connectivity index (χ0v) is 17.3. The third-order valence-corrected chi connectivity index (χ3v) is 4.48. The number of aliphatic imine (C=N–C) groups is 1. The fraction of sp³-hybridized carbons (Fsp3) is 0.667. The summed E-state index contributed by atoms with van der Waals surface area (Å²) in [4.78, 5) is 7.19. The quantitative estimate of drug-likeness (QED) is 0.512. The molecule has 0 radical (unpaired) electrons. The van der Waals surface area contributed by atoms with Crippen molar-refractivity contribution in [3.63, 3.8) is 0 Å². The van der Waals surface area contributed by atoms with Crippen LogP contribution in [0.25, 0.3) is 0 Å². The third kappa shape index (κ3) is 8.18. The largest absolute Gasteiger partial charge is 0.493 e. The molecule has 0 spiro atoms. The maximum atomic E-state index is 5.81. The second-order valence-corrected chi connectivity index (χ2v) is 7.43. The Morgan fingerprint density at radius 2 is 2.00 bits per heavy atom. The van der Waals surface area contributed by atoms with Crippen molar-refractivity contribution in [2.45, 2.75) is 40.3 Å². The SMILES string of the molecule is CCNC(=NCc1cccc(OCC(C)C)c1)NCC(C)N1CCOCC1. The molecular weight excluding hydrogens is 340 g/mol. The van der Waals surface area contributed by atoms with Crippen LogP contribution < -0.4 is 15.4 Å². The van der Waals surface area contributed by atoms with Crippen molar-refractivity contribution in [1.82, 2.24) is 15.5 Å². The smallest absolute Gasteiger partial charge is 0.191 e. The summed E-state index contributed by atoms with van der Waals surface area (Å²) < 4.78 is 11.2. The summed E-state index contributed by atoms with van der Waals surface area (Å²) in [5, 5.41) is 6.80. The first-order valence-electron chi connectivity index (χ1n) is 10.1. The van der Waals surface area contributed by atoms with Gasteiger partial charge in [-0.25, -0.2) is 4.99 Å². The van der Waals surface area contributed by atoms with E-state index in [1.807, 2.05) is 12.1 Å². The molecule has 1 saturated heterocycles. The Morgan fingerprint density at radius 3 is 2.70 bits per heavy atom. The van der Waals surface area contributed by atoms with Crippen LogP contribution in [0.1, 0.15) is 33.3 Å². The van der Waals surface area contributed by atoms with Gasteiger partial charge >= 0.3 is 0 Å². The lowest BCUT2D eigenvalue weighted by atomic mass is 10.2.